The Hall–Kier alpha value is -1.40. The van der Waals surface area contributed by atoms with Crippen molar-refractivity contribution in [3.05, 3.63) is 35.5 Å². The number of anilines is 1. The average Bonchev–Trinajstić information content (AvgIpc) is 2.86. The van der Waals surface area contributed by atoms with Gasteiger partial charge in [-0.05, 0) is 12.1 Å². The lowest BCUT2D eigenvalue weighted by Gasteiger charge is -2.14. The molecule has 2 aromatic heterocycles. The van der Waals surface area contributed by atoms with Crippen LogP contribution in [0.4, 0.5) is 5.13 Å². The molecular formula is C14H17N3OS2. The third kappa shape index (κ3) is 4.31. The number of nitrogens with one attached hydrogen (secondary N) is 1. The number of amides is 1. The highest BCUT2D eigenvalue weighted by Gasteiger charge is 2.18. The fourth-order valence-electron chi connectivity index (χ4n) is 1.40. The summed E-state index contributed by atoms with van der Waals surface area (Å²) in [5.41, 5.74) is 0.998. The first-order valence-corrected chi connectivity index (χ1v) is 8.11. The van der Waals surface area contributed by atoms with E-state index in [1.165, 1.54) is 23.1 Å². The molecule has 2 heterocycles. The molecule has 0 radical (unpaired) electrons. The van der Waals surface area contributed by atoms with E-state index in [9.17, 15) is 4.79 Å². The smallest absolute Gasteiger partial charge is 0.236 e. The van der Waals surface area contributed by atoms with Gasteiger partial charge in [0.1, 0.15) is 0 Å². The van der Waals surface area contributed by atoms with Crippen LogP contribution in [0.15, 0.2) is 34.8 Å². The van der Waals surface area contributed by atoms with Gasteiger partial charge in [0.05, 0.1) is 16.5 Å². The maximum Gasteiger partial charge on any atom is 0.236 e. The van der Waals surface area contributed by atoms with Crippen molar-refractivity contribution in [2.75, 3.05) is 11.1 Å². The number of aromatic nitrogens is 2. The summed E-state index contributed by atoms with van der Waals surface area (Å²) in [5.74, 6) is 0.275. The van der Waals surface area contributed by atoms with Crippen LogP contribution in [0.25, 0.3) is 0 Å². The minimum Gasteiger partial charge on any atom is -0.301 e. The van der Waals surface area contributed by atoms with Gasteiger partial charge in [-0.15, -0.1) is 11.3 Å². The second-order valence-corrected chi connectivity index (χ2v) is 7.15. The van der Waals surface area contributed by atoms with Crippen molar-refractivity contribution in [3.63, 3.8) is 0 Å². The van der Waals surface area contributed by atoms with Crippen LogP contribution in [0.1, 0.15) is 26.5 Å². The third-order valence-corrected chi connectivity index (χ3v) is 4.21. The van der Waals surface area contributed by atoms with Gasteiger partial charge in [-0.2, -0.15) is 0 Å². The molecule has 0 spiro atoms. The van der Waals surface area contributed by atoms with Gasteiger partial charge in [-0.25, -0.2) is 9.97 Å². The molecule has 6 heteroatoms. The Morgan fingerprint density at radius 2 is 2.20 bits per heavy atom. The molecule has 0 fully saturated rings. The van der Waals surface area contributed by atoms with E-state index in [-0.39, 0.29) is 11.3 Å². The summed E-state index contributed by atoms with van der Waals surface area (Å²) in [7, 11) is 0. The highest BCUT2D eigenvalue weighted by Crippen LogP contribution is 2.26. The Balaban J connectivity index is 1.87. The quantitative estimate of drug-likeness (QED) is 0.877. The molecule has 0 unspecified atom stereocenters. The molecule has 2 aromatic rings. The normalized spacial score (nSPS) is 11.3. The zero-order chi connectivity index (χ0) is 14.6. The zero-order valence-corrected chi connectivity index (χ0v) is 13.3. The predicted molar refractivity (Wildman–Crippen MR) is 84.4 cm³/mol. The second-order valence-electron chi connectivity index (χ2n) is 5.29. The fraction of sp³-hybridized carbons (Fsp3) is 0.357. The Morgan fingerprint density at radius 1 is 1.40 bits per heavy atom. The maximum atomic E-state index is 11.9. The van der Waals surface area contributed by atoms with Gasteiger partial charge < -0.3 is 5.32 Å². The summed E-state index contributed by atoms with van der Waals surface area (Å²) in [6.45, 7) is 6.31. The summed E-state index contributed by atoms with van der Waals surface area (Å²) in [5, 5.41) is 6.31. The largest absolute Gasteiger partial charge is 0.301 e. The minimum absolute atomic E-state index is 0.00217. The molecule has 0 aliphatic rings. The summed E-state index contributed by atoms with van der Waals surface area (Å²) < 4.78 is 0. The van der Waals surface area contributed by atoms with Crippen molar-refractivity contribution >= 4 is 34.1 Å². The molecule has 0 atom stereocenters. The number of thiazole rings is 1. The predicted octanol–water partition coefficient (Wildman–Crippen LogP) is 3.57. The molecule has 0 aliphatic heterocycles. The van der Waals surface area contributed by atoms with Crippen LogP contribution < -0.4 is 5.32 Å². The molecule has 0 aliphatic carbocycles. The molecule has 0 aromatic carbocycles. The number of rotatable bonds is 4. The summed E-state index contributed by atoms with van der Waals surface area (Å²) in [4.78, 5) is 20.5. The van der Waals surface area contributed by atoms with Gasteiger partial charge >= 0.3 is 0 Å². The molecule has 2 rings (SSSR count). The SMILES string of the molecule is CC(C)(C)c1csc(NC(=O)CSc2ccccn2)n1. The van der Waals surface area contributed by atoms with Crippen molar-refractivity contribution in [2.24, 2.45) is 0 Å². The van der Waals surface area contributed by atoms with Crippen LogP contribution in [-0.2, 0) is 10.2 Å². The summed E-state index contributed by atoms with van der Waals surface area (Å²) in [6, 6.07) is 5.65. The first-order valence-electron chi connectivity index (χ1n) is 6.25. The van der Waals surface area contributed by atoms with Crippen LogP contribution in [0.5, 0.6) is 0 Å². The standard InChI is InChI=1S/C14H17N3OS2/c1-14(2,3)10-8-20-13(16-10)17-11(18)9-19-12-6-4-5-7-15-12/h4-8H,9H2,1-3H3,(H,16,17,18). The number of carbonyl (C=O) groups is 1. The van der Waals surface area contributed by atoms with Gasteiger partial charge in [0.15, 0.2) is 5.13 Å². The van der Waals surface area contributed by atoms with Gasteiger partial charge in [0.2, 0.25) is 5.91 Å². The Labute approximate surface area is 127 Å². The molecule has 0 saturated carbocycles. The first kappa shape index (κ1) is 15.0. The minimum atomic E-state index is -0.0598. The van der Waals surface area contributed by atoms with Crippen LogP contribution in [-0.4, -0.2) is 21.6 Å². The summed E-state index contributed by atoms with van der Waals surface area (Å²) in [6.07, 6.45) is 1.72. The lowest BCUT2D eigenvalue weighted by molar-refractivity contribution is -0.113. The highest BCUT2D eigenvalue weighted by atomic mass is 32.2. The van der Waals surface area contributed by atoms with E-state index in [0.717, 1.165) is 10.7 Å². The van der Waals surface area contributed by atoms with Crippen LogP contribution >= 0.6 is 23.1 Å². The molecule has 4 nitrogen and oxygen atoms in total. The molecule has 1 amide bonds. The molecular weight excluding hydrogens is 290 g/mol. The van der Waals surface area contributed by atoms with Crippen LogP contribution in [0, 0.1) is 0 Å². The van der Waals surface area contributed by atoms with E-state index in [0.29, 0.717) is 10.9 Å². The van der Waals surface area contributed by atoms with E-state index in [1.54, 1.807) is 6.20 Å². The van der Waals surface area contributed by atoms with Gasteiger partial charge in [-0.3, -0.25) is 4.79 Å². The number of pyridine rings is 1. The van der Waals surface area contributed by atoms with Gasteiger partial charge in [-0.1, -0.05) is 38.6 Å². The van der Waals surface area contributed by atoms with E-state index in [1.807, 2.05) is 23.6 Å². The third-order valence-electron chi connectivity index (χ3n) is 2.51. The number of carbonyl (C=O) groups excluding carboxylic acids is 1. The molecule has 106 valence electrons. The number of hydrogen-bond donors (Lipinski definition) is 1. The average molecular weight is 307 g/mol. The molecule has 0 saturated heterocycles. The van der Waals surface area contributed by atoms with Gasteiger partial charge in [0, 0.05) is 17.0 Å². The van der Waals surface area contributed by atoms with Crippen LogP contribution in [0.2, 0.25) is 0 Å². The Bertz CT molecular complexity index is 576. The van der Waals surface area contributed by atoms with E-state index in [2.05, 4.69) is 36.1 Å². The monoisotopic (exact) mass is 307 g/mol. The maximum absolute atomic E-state index is 11.9. The van der Waals surface area contributed by atoms with E-state index in [4.69, 9.17) is 0 Å². The Kier molecular flexibility index (Phi) is 4.77. The van der Waals surface area contributed by atoms with E-state index >= 15 is 0 Å². The number of thioether (sulfide) groups is 1. The topological polar surface area (TPSA) is 54.9 Å². The molecule has 0 bridgehead atoms. The van der Waals surface area contributed by atoms with Crippen molar-refractivity contribution in [1.82, 2.24) is 9.97 Å². The van der Waals surface area contributed by atoms with Crippen molar-refractivity contribution in [2.45, 2.75) is 31.2 Å². The lowest BCUT2D eigenvalue weighted by atomic mass is 9.93. The van der Waals surface area contributed by atoms with Crippen molar-refractivity contribution < 1.29 is 4.79 Å². The summed E-state index contributed by atoms with van der Waals surface area (Å²) >= 11 is 2.87. The lowest BCUT2D eigenvalue weighted by Crippen LogP contribution is -2.15. The molecule has 1 N–H and O–H groups in total. The highest BCUT2D eigenvalue weighted by molar-refractivity contribution is 7.99. The van der Waals surface area contributed by atoms with E-state index < -0.39 is 0 Å². The Morgan fingerprint density at radius 3 is 2.80 bits per heavy atom. The fourth-order valence-corrected chi connectivity index (χ4v) is 3.02. The second kappa shape index (κ2) is 6.37. The van der Waals surface area contributed by atoms with Gasteiger partial charge in [0.25, 0.3) is 0 Å². The number of nitrogens with zero attached hydrogens (tertiary/aromatic N) is 2. The van der Waals surface area contributed by atoms with Crippen LogP contribution in [0.3, 0.4) is 0 Å². The van der Waals surface area contributed by atoms with Crippen molar-refractivity contribution in [3.8, 4) is 0 Å². The molecule has 20 heavy (non-hydrogen) atoms. The number of hydrogen-bond acceptors (Lipinski definition) is 5. The first-order chi connectivity index (χ1) is 9.45. The van der Waals surface area contributed by atoms with Crippen molar-refractivity contribution in [1.29, 1.82) is 0 Å². The zero-order valence-electron chi connectivity index (χ0n) is 11.7.